The molecule has 0 spiro atoms. The van der Waals surface area contributed by atoms with E-state index in [4.69, 9.17) is 4.52 Å². The summed E-state index contributed by atoms with van der Waals surface area (Å²) in [6.07, 6.45) is 1.66. The van der Waals surface area contributed by atoms with E-state index in [-0.39, 0.29) is 5.91 Å². The molecule has 1 amide bonds. The Balaban J connectivity index is 1.80. The molecule has 0 aliphatic carbocycles. The molecule has 23 heavy (non-hydrogen) atoms. The van der Waals surface area contributed by atoms with Crippen LogP contribution in [-0.2, 0) is 6.54 Å². The first-order valence-electron chi connectivity index (χ1n) is 7.36. The summed E-state index contributed by atoms with van der Waals surface area (Å²) in [5.41, 5.74) is 3.73. The first-order chi connectivity index (χ1) is 11.1. The second kappa shape index (κ2) is 6.44. The van der Waals surface area contributed by atoms with Crippen molar-refractivity contribution < 1.29 is 9.32 Å². The zero-order valence-electron chi connectivity index (χ0n) is 13.0. The lowest BCUT2D eigenvalue weighted by Crippen LogP contribution is -2.23. The molecule has 5 nitrogen and oxygen atoms in total. The lowest BCUT2D eigenvalue weighted by atomic mass is 10.1. The van der Waals surface area contributed by atoms with Crippen LogP contribution in [0.2, 0.25) is 0 Å². The number of carbonyl (C=O) groups is 1. The standard InChI is InChI=1S/C18H17N3O2/c1-12-6-8-14(9-7-12)11-20-18(22)16-13(2)23-21-17(16)15-5-3-4-10-19-15/h3-10H,11H2,1-2H3,(H,20,22). The van der Waals surface area contributed by atoms with Crippen molar-refractivity contribution in [3.8, 4) is 11.4 Å². The third-order valence-electron chi connectivity index (χ3n) is 3.57. The van der Waals surface area contributed by atoms with Crippen LogP contribution in [0.1, 0.15) is 27.2 Å². The van der Waals surface area contributed by atoms with Gasteiger partial charge in [0.25, 0.3) is 5.91 Å². The molecule has 116 valence electrons. The van der Waals surface area contributed by atoms with E-state index in [2.05, 4.69) is 15.5 Å². The number of nitrogens with zero attached hydrogens (tertiary/aromatic N) is 2. The third kappa shape index (κ3) is 3.29. The molecule has 1 N–H and O–H groups in total. The molecule has 3 aromatic rings. The van der Waals surface area contributed by atoms with E-state index < -0.39 is 0 Å². The Morgan fingerprint density at radius 1 is 1.13 bits per heavy atom. The quantitative estimate of drug-likeness (QED) is 0.803. The molecule has 0 saturated carbocycles. The van der Waals surface area contributed by atoms with E-state index in [9.17, 15) is 4.79 Å². The number of hydrogen-bond donors (Lipinski definition) is 1. The van der Waals surface area contributed by atoms with Crippen LogP contribution in [0.5, 0.6) is 0 Å². The number of pyridine rings is 1. The zero-order chi connectivity index (χ0) is 16.2. The summed E-state index contributed by atoms with van der Waals surface area (Å²) in [4.78, 5) is 16.8. The van der Waals surface area contributed by atoms with Gasteiger partial charge in [0.15, 0.2) is 0 Å². The molecule has 0 atom stereocenters. The number of aromatic nitrogens is 2. The SMILES string of the molecule is Cc1ccc(CNC(=O)c2c(-c3ccccn3)noc2C)cc1. The van der Waals surface area contributed by atoms with E-state index in [1.807, 2.05) is 43.3 Å². The van der Waals surface area contributed by atoms with Gasteiger partial charge in [-0.2, -0.15) is 0 Å². The smallest absolute Gasteiger partial charge is 0.257 e. The van der Waals surface area contributed by atoms with Gasteiger partial charge in [0.05, 0.1) is 5.69 Å². The normalized spacial score (nSPS) is 10.5. The summed E-state index contributed by atoms with van der Waals surface area (Å²) in [5.74, 6) is 0.261. The number of nitrogens with one attached hydrogen (secondary N) is 1. The predicted molar refractivity (Wildman–Crippen MR) is 86.8 cm³/mol. The highest BCUT2D eigenvalue weighted by molar-refractivity contribution is 6.00. The van der Waals surface area contributed by atoms with Crippen molar-refractivity contribution in [2.24, 2.45) is 0 Å². The Kier molecular flexibility index (Phi) is 4.19. The fraction of sp³-hybridized carbons (Fsp3) is 0.167. The van der Waals surface area contributed by atoms with Crippen molar-refractivity contribution in [3.63, 3.8) is 0 Å². The van der Waals surface area contributed by atoms with Gasteiger partial charge in [-0.3, -0.25) is 9.78 Å². The Labute approximate surface area is 134 Å². The summed E-state index contributed by atoms with van der Waals surface area (Å²) in [6, 6.07) is 13.5. The molecule has 0 saturated heterocycles. The molecule has 3 rings (SSSR count). The van der Waals surface area contributed by atoms with Gasteiger partial charge in [0, 0.05) is 12.7 Å². The molecule has 2 aromatic heterocycles. The lowest BCUT2D eigenvalue weighted by molar-refractivity contribution is 0.0950. The van der Waals surface area contributed by atoms with Gasteiger partial charge in [-0.1, -0.05) is 41.1 Å². The Morgan fingerprint density at radius 2 is 1.91 bits per heavy atom. The third-order valence-corrected chi connectivity index (χ3v) is 3.57. The molecule has 0 fully saturated rings. The van der Waals surface area contributed by atoms with Crippen LogP contribution in [0.4, 0.5) is 0 Å². The average molecular weight is 307 g/mol. The monoisotopic (exact) mass is 307 g/mol. The molecule has 1 aromatic carbocycles. The van der Waals surface area contributed by atoms with Crippen molar-refractivity contribution in [2.75, 3.05) is 0 Å². The zero-order valence-corrected chi connectivity index (χ0v) is 13.0. The van der Waals surface area contributed by atoms with Crippen LogP contribution < -0.4 is 5.32 Å². The Bertz CT molecular complexity index is 808. The summed E-state index contributed by atoms with van der Waals surface area (Å²) >= 11 is 0. The number of hydrogen-bond acceptors (Lipinski definition) is 4. The Hall–Kier alpha value is -2.95. The molecule has 0 unspecified atom stereocenters. The van der Waals surface area contributed by atoms with Crippen molar-refractivity contribution in [2.45, 2.75) is 20.4 Å². The molecular weight excluding hydrogens is 290 g/mol. The number of aryl methyl sites for hydroxylation is 2. The largest absolute Gasteiger partial charge is 0.360 e. The first kappa shape index (κ1) is 15.0. The minimum Gasteiger partial charge on any atom is -0.360 e. The van der Waals surface area contributed by atoms with Crippen LogP contribution in [-0.4, -0.2) is 16.0 Å². The molecule has 0 radical (unpaired) electrons. The van der Waals surface area contributed by atoms with E-state index in [0.29, 0.717) is 29.3 Å². The second-order valence-electron chi connectivity index (χ2n) is 5.35. The minimum atomic E-state index is -0.218. The van der Waals surface area contributed by atoms with E-state index in [1.165, 1.54) is 5.56 Å². The second-order valence-corrected chi connectivity index (χ2v) is 5.35. The summed E-state index contributed by atoms with van der Waals surface area (Å²) in [7, 11) is 0. The van der Waals surface area contributed by atoms with Crippen LogP contribution in [0.25, 0.3) is 11.4 Å². The van der Waals surface area contributed by atoms with Gasteiger partial charge in [0.2, 0.25) is 0 Å². The van der Waals surface area contributed by atoms with E-state index in [1.54, 1.807) is 19.2 Å². The van der Waals surface area contributed by atoms with Crippen LogP contribution >= 0.6 is 0 Å². The average Bonchev–Trinajstić information content (AvgIpc) is 2.96. The van der Waals surface area contributed by atoms with Gasteiger partial charge in [-0.05, 0) is 31.5 Å². The van der Waals surface area contributed by atoms with Crippen molar-refractivity contribution in [1.82, 2.24) is 15.5 Å². The maximum atomic E-state index is 12.5. The fourth-order valence-corrected chi connectivity index (χ4v) is 2.29. The summed E-state index contributed by atoms with van der Waals surface area (Å²) in [6.45, 7) is 4.20. The predicted octanol–water partition coefficient (Wildman–Crippen LogP) is 3.28. The maximum Gasteiger partial charge on any atom is 0.257 e. The molecule has 2 heterocycles. The van der Waals surface area contributed by atoms with Gasteiger partial charge in [0.1, 0.15) is 17.0 Å². The highest BCUT2D eigenvalue weighted by Gasteiger charge is 2.21. The van der Waals surface area contributed by atoms with Crippen molar-refractivity contribution >= 4 is 5.91 Å². The van der Waals surface area contributed by atoms with Crippen molar-refractivity contribution in [3.05, 3.63) is 71.1 Å². The van der Waals surface area contributed by atoms with E-state index in [0.717, 1.165) is 5.56 Å². The lowest BCUT2D eigenvalue weighted by Gasteiger charge is -2.06. The van der Waals surface area contributed by atoms with Crippen LogP contribution in [0.3, 0.4) is 0 Å². The Morgan fingerprint density at radius 3 is 2.61 bits per heavy atom. The van der Waals surface area contributed by atoms with Gasteiger partial charge in [-0.15, -0.1) is 0 Å². The van der Waals surface area contributed by atoms with Gasteiger partial charge < -0.3 is 9.84 Å². The molecular formula is C18H17N3O2. The highest BCUT2D eigenvalue weighted by atomic mass is 16.5. The topological polar surface area (TPSA) is 68.0 Å². The fourth-order valence-electron chi connectivity index (χ4n) is 2.29. The summed E-state index contributed by atoms with van der Waals surface area (Å²) in [5, 5.41) is 6.88. The van der Waals surface area contributed by atoms with Crippen LogP contribution in [0, 0.1) is 13.8 Å². The summed E-state index contributed by atoms with van der Waals surface area (Å²) < 4.78 is 5.19. The first-order valence-corrected chi connectivity index (χ1v) is 7.36. The molecule has 0 aliphatic rings. The highest BCUT2D eigenvalue weighted by Crippen LogP contribution is 2.23. The number of amides is 1. The molecule has 0 bridgehead atoms. The number of benzene rings is 1. The molecule has 0 aliphatic heterocycles. The number of carbonyl (C=O) groups excluding carboxylic acids is 1. The van der Waals surface area contributed by atoms with Crippen LogP contribution in [0.15, 0.2) is 53.2 Å². The number of rotatable bonds is 4. The molecule has 5 heteroatoms. The van der Waals surface area contributed by atoms with Crippen molar-refractivity contribution in [1.29, 1.82) is 0 Å². The minimum absolute atomic E-state index is 0.218. The van der Waals surface area contributed by atoms with Gasteiger partial charge in [-0.25, -0.2) is 0 Å². The van der Waals surface area contributed by atoms with Gasteiger partial charge >= 0.3 is 0 Å². The maximum absolute atomic E-state index is 12.5. The van der Waals surface area contributed by atoms with E-state index >= 15 is 0 Å².